The zero-order valence-corrected chi connectivity index (χ0v) is 16.1. The van der Waals surface area contributed by atoms with Crippen LogP contribution in [0.5, 0.6) is 0 Å². The maximum absolute atomic E-state index is 6.27. The van der Waals surface area contributed by atoms with Crippen LogP contribution in [0.15, 0.2) is 18.2 Å². The van der Waals surface area contributed by atoms with Crippen molar-refractivity contribution >= 4 is 39.5 Å². The molecule has 1 aromatic carbocycles. The third-order valence-corrected chi connectivity index (χ3v) is 5.80. The van der Waals surface area contributed by atoms with Crippen molar-refractivity contribution in [2.45, 2.75) is 20.3 Å². The number of rotatable bonds is 3. The highest BCUT2D eigenvalue weighted by atomic mass is 35.5. The fourth-order valence-corrected chi connectivity index (χ4v) is 4.35. The molecule has 0 aliphatic heterocycles. The van der Waals surface area contributed by atoms with E-state index in [-0.39, 0.29) is 0 Å². The van der Waals surface area contributed by atoms with Crippen molar-refractivity contribution in [3.05, 3.63) is 51.0 Å². The van der Waals surface area contributed by atoms with Gasteiger partial charge in [-0.15, -0.1) is 10.2 Å². The van der Waals surface area contributed by atoms with Crippen molar-refractivity contribution < 1.29 is 0 Å². The largest absolute Gasteiger partial charge is 0.272 e. The molecule has 0 atom stereocenters. The Morgan fingerprint density at radius 2 is 1.80 bits per heavy atom. The van der Waals surface area contributed by atoms with Gasteiger partial charge in [0.25, 0.3) is 0 Å². The zero-order chi connectivity index (χ0) is 17.7. The molecule has 3 aromatic heterocycles. The summed E-state index contributed by atoms with van der Waals surface area (Å²) in [5.41, 5.74) is 3.88. The molecular weight excluding hydrogens is 379 g/mol. The summed E-state index contributed by atoms with van der Waals surface area (Å²) in [5.74, 6) is 0.701. The van der Waals surface area contributed by atoms with E-state index in [2.05, 4.69) is 15.3 Å². The standard InChI is InChI=1S/C16H14Cl2N6S/c1-8-14(9(2)23(3)21-8)15-22-24-13(19-20-16(24)25-15)7-10-11(17)5-4-6-12(10)18/h4-6H,7H2,1-3H3. The first kappa shape index (κ1) is 16.5. The van der Waals surface area contributed by atoms with Crippen molar-refractivity contribution in [1.82, 2.24) is 29.6 Å². The summed E-state index contributed by atoms with van der Waals surface area (Å²) in [5, 5.41) is 19.7. The number of hydrogen-bond donors (Lipinski definition) is 0. The molecule has 128 valence electrons. The van der Waals surface area contributed by atoms with Crippen molar-refractivity contribution in [3.8, 4) is 10.6 Å². The highest BCUT2D eigenvalue weighted by Crippen LogP contribution is 2.31. The SMILES string of the molecule is Cc1nn(C)c(C)c1-c1nn2c(Cc3c(Cl)cccc3Cl)nnc2s1. The minimum atomic E-state index is 0.466. The third-order valence-electron chi connectivity index (χ3n) is 4.17. The Balaban J connectivity index is 1.79. The Labute approximate surface area is 158 Å². The lowest BCUT2D eigenvalue weighted by Gasteiger charge is -2.04. The van der Waals surface area contributed by atoms with Gasteiger partial charge in [0.2, 0.25) is 4.96 Å². The van der Waals surface area contributed by atoms with Crippen LogP contribution in [0.4, 0.5) is 0 Å². The molecular formula is C16H14Cl2N6S. The van der Waals surface area contributed by atoms with E-state index in [9.17, 15) is 0 Å². The van der Waals surface area contributed by atoms with Crippen LogP contribution in [-0.2, 0) is 13.5 Å². The fourth-order valence-electron chi connectivity index (χ4n) is 2.81. The second kappa shape index (κ2) is 6.09. The van der Waals surface area contributed by atoms with E-state index in [1.165, 1.54) is 11.3 Å². The number of aryl methyl sites for hydroxylation is 2. The zero-order valence-electron chi connectivity index (χ0n) is 13.8. The van der Waals surface area contributed by atoms with Gasteiger partial charge in [-0.2, -0.15) is 14.7 Å². The molecule has 0 saturated heterocycles. The number of halogens is 2. The second-order valence-corrected chi connectivity index (χ2v) is 7.53. The molecule has 25 heavy (non-hydrogen) atoms. The van der Waals surface area contributed by atoms with Gasteiger partial charge in [0.15, 0.2) is 10.8 Å². The summed E-state index contributed by atoms with van der Waals surface area (Å²) in [4.78, 5) is 0.732. The van der Waals surface area contributed by atoms with Crippen molar-refractivity contribution in [2.24, 2.45) is 7.05 Å². The van der Waals surface area contributed by atoms with Crippen molar-refractivity contribution in [2.75, 3.05) is 0 Å². The molecule has 6 nitrogen and oxygen atoms in total. The summed E-state index contributed by atoms with van der Waals surface area (Å²) in [6.45, 7) is 4.01. The minimum absolute atomic E-state index is 0.466. The number of nitrogens with zero attached hydrogens (tertiary/aromatic N) is 6. The maximum atomic E-state index is 6.27. The average Bonchev–Trinajstić information content (AvgIpc) is 3.18. The first-order valence-electron chi connectivity index (χ1n) is 7.60. The summed E-state index contributed by atoms with van der Waals surface area (Å²) in [6, 6.07) is 5.45. The maximum Gasteiger partial charge on any atom is 0.234 e. The van der Waals surface area contributed by atoms with Crippen LogP contribution in [0.2, 0.25) is 10.0 Å². The normalized spacial score (nSPS) is 11.6. The predicted molar refractivity (Wildman–Crippen MR) is 99.6 cm³/mol. The predicted octanol–water partition coefficient (Wildman–Crippen LogP) is 4.10. The molecule has 0 radical (unpaired) electrons. The highest BCUT2D eigenvalue weighted by molar-refractivity contribution is 7.19. The molecule has 3 heterocycles. The van der Waals surface area contributed by atoms with Crippen LogP contribution in [0, 0.1) is 13.8 Å². The topological polar surface area (TPSA) is 60.9 Å². The average molecular weight is 393 g/mol. The Kier molecular flexibility index (Phi) is 4.02. The number of hydrogen-bond acceptors (Lipinski definition) is 5. The Morgan fingerprint density at radius 3 is 2.44 bits per heavy atom. The lowest BCUT2D eigenvalue weighted by atomic mass is 10.1. The molecule has 0 aliphatic rings. The van der Waals surface area contributed by atoms with Gasteiger partial charge in [-0.25, -0.2) is 0 Å². The highest BCUT2D eigenvalue weighted by Gasteiger charge is 2.20. The third kappa shape index (κ3) is 2.72. The molecule has 0 saturated carbocycles. The van der Waals surface area contributed by atoms with Crippen LogP contribution in [0.3, 0.4) is 0 Å². The number of benzene rings is 1. The van der Waals surface area contributed by atoms with Gasteiger partial charge >= 0.3 is 0 Å². The van der Waals surface area contributed by atoms with E-state index >= 15 is 0 Å². The second-order valence-electron chi connectivity index (χ2n) is 5.76. The molecule has 4 rings (SSSR count). The van der Waals surface area contributed by atoms with Gasteiger partial charge in [-0.1, -0.05) is 40.6 Å². The first-order valence-corrected chi connectivity index (χ1v) is 9.17. The van der Waals surface area contributed by atoms with E-state index in [1.807, 2.05) is 43.8 Å². The summed E-state index contributed by atoms with van der Waals surface area (Å²) in [7, 11) is 1.93. The molecule has 0 bridgehead atoms. The Hall–Kier alpha value is -1.96. The monoisotopic (exact) mass is 392 g/mol. The molecule has 4 aromatic rings. The van der Waals surface area contributed by atoms with E-state index in [0.29, 0.717) is 22.3 Å². The van der Waals surface area contributed by atoms with Crippen molar-refractivity contribution in [1.29, 1.82) is 0 Å². The lowest BCUT2D eigenvalue weighted by molar-refractivity contribution is 0.731. The van der Waals surface area contributed by atoms with Gasteiger partial charge < -0.3 is 0 Å². The molecule has 0 aliphatic carbocycles. The molecule has 0 spiro atoms. The van der Waals surface area contributed by atoms with Crippen LogP contribution < -0.4 is 0 Å². The van der Waals surface area contributed by atoms with Crippen molar-refractivity contribution in [3.63, 3.8) is 0 Å². The van der Waals surface area contributed by atoms with E-state index in [1.54, 1.807) is 4.52 Å². The van der Waals surface area contributed by atoms with Crippen LogP contribution >= 0.6 is 34.5 Å². The van der Waals surface area contributed by atoms with E-state index in [0.717, 1.165) is 32.5 Å². The summed E-state index contributed by atoms with van der Waals surface area (Å²) in [6.07, 6.45) is 0.466. The van der Waals surface area contributed by atoms with E-state index in [4.69, 9.17) is 28.3 Å². The molecule has 0 fully saturated rings. The van der Waals surface area contributed by atoms with Crippen LogP contribution in [0.25, 0.3) is 15.5 Å². The van der Waals surface area contributed by atoms with Gasteiger partial charge in [-0.3, -0.25) is 4.68 Å². The number of aromatic nitrogens is 6. The molecule has 0 amide bonds. The molecule has 9 heteroatoms. The Morgan fingerprint density at radius 1 is 1.08 bits per heavy atom. The van der Waals surface area contributed by atoms with Gasteiger partial charge in [0, 0.05) is 29.2 Å². The smallest absolute Gasteiger partial charge is 0.234 e. The lowest BCUT2D eigenvalue weighted by Crippen LogP contribution is -1.99. The number of fused-ring (bicyclic) bond motifs is 1. The van der Waals surface area contributed by atoms with Gasteiger partial charge in [-0.05, 0) is 31.5 Å². The Bertz CT molecular complexity index is 1070. The summed E-state index contributed by atoms with van der Waals surface area (Å²) < 4.78 is 3.61. The molecule has 0 unspecified atom stereocenters. The minimum Gasteiger partial charge on any atom is -0.272 e. The van der Waals surface area contributed by atoms with Gasteiger partial charge in [0.05, 0.1) is 11.3 Å². The molecule has 0 N–H and O–H groups in total. The quantitative estimate of drug-likeness (QED) is 0.526. The van der Waals surface area contributed by atoms with Gasteiger partial charge in [0.1, 0.15) is 0 Å². The summed E-state index contributed by atoms with van der Waals surface area (Å²) >= 11 is 14.0. The first-order chi connectivity index (χ1) is 12.0. The van der Waals surface area contributed by atoms with Crippen LogP contribution in [0.1, 0.15) is 22.8 Å². The van der Waals surface area contributed by atoms with E-state index < -0.39 is 0 Å². The fraction of sp³-hybridized carbons (Fsp3) is 0.250. The van der Waals surface area contributed by atoms with Crippen LogP contribution in [-0.4, -0.2) is 29.6 Å².